The third kappa shape index (κ3) is 1.85. The van der Waals surface area contributed by atoms with Crippen LogP contribution in [0.5, 0.6) is 0 Å². The quantitative estimate of drug-likeness (QED) is 0.495. The van der Waals surface area contributed by atoms with Gasteiger partial charge in [-0.05, 0) is 19.1 Å². The van der Waals surface area contributed by atoms with Gasteiger partial charge in [-0.3, -0.25) is 14.9 Å². The summed E-state index contributed by atoms with van der Waals surface area (Å²) in [6.07, 6.45) is 3.15. The van der Waals surface area contributed by atoms with Crippen LogP contribution in [0.15, 0.2) is 24.5 Å². The Morgan fingerprint density at radius 1 is 1.40 bits per heavy atom. The van der Waals surface area contributed by atoms with Crippen LogP contribution in [0.25, 0.3) is 11.6 Å². The third-order valence-electron chi connectivity index (χ3n) is 3.15. The van der Waals surface area contributed by atoms with Gasteiger partial charge in [-0.1, -0.05) is 0 Å². The van der Waals surface area contributed by atoms with E-state index in [9.17, 15) is 14.9 Å². The third-order valence-corrected chi connectivity index (χ3v) is 3.15. The molecule has 3 rings (SSSR count). The maximum Gasteiger partial charge on any atom is 0.270 e. The van der Waals surface area contributed by atoms with E-state index in [-0.39, 0.29) is 11.6 Å². The number of fused-ring (bicyclic) bond motifs is 1. The highest BCUT2D eigenvalue weighted by atomic mass is 16.6. The summed E-state index contributed by atoms with van der Waals surface area (Å²) in [6.45, 7) is 1.83. The number of anilines is 1. The summed E-state index contributed by atoms with van der Waals surface area (Å²) in [5.41, 5.74) is 2.87. The normalized spacial score (nSPS) is 15.2. The van der Waals surface area contributed by atoms with Gasteiger partial charge < -0.3 is 10.3 Å². The number of imidazole rings is 1. The Hall–Kier alpha value is -2.96. The van der Waals surface area contributed by atoms with Crippen molar-refractivity contribution in [2.75, 3.05) is 5.32 Å². The van der Waals surface area contributed by atoms with E-state index < -0.39 is 4.92 Å². The second-order valence-corrected chi connectivity index (χ2v) is 4.41. The average molecular weight is 270 g/mol. The Morgan fingerprint density at radius 3 is 2.85 bits per heavy atom. The molecule has 0 radical (unpaired) electrons. The van der Waals surface area contributed by atoms with Crippen LogP contribution in [0, 0.1) is 17.0 Å². The smallest absolute Gasteiger partial charge is 0.270 e. The van der Waals surface area contributed by atoms with Gasteiger partial charge in [-0.2, -0.15) is 0 Å². The van der Waals surface area contributed by atoms with Crippen LogP contribution in [0.1, 0.15) is 17.0 Å². The topological polar surface area (TPSA) is 101 Å². The standard InChI is InChI=1S/C13H10N4O3/c1-7-12(15-6-14-7)5-10-9-4-8(17(19)20)2-3-11(9)16-13(10)18/h2-6H,1H3,(H,14,15)(H,16,18). The fourth-order valence-corrected chi connectivity index (χ4v) is 2.08. The van der Waals surface area contributed by atoms with Gasteiger partial charge in [0.05, 0.1) is 22.5 Å². The number of nitro groups is 1. The van der Waals surface area contributed by atoms with Gasteiger partial charge in [0.1, 0.15) is 0 Å². The molecule has 2 aromatic rings. The lowest BCUT2D eigenvalue weighted by molar-refractivity contribution is -0.384. The van der Waals surface area contributed by atoms with E-state index in [1.165, 1.54) is 24.5 Å². The highest BCUT2D eigenvalue weighted by Gasteiger charge is 2.26. The van der Waals surface area contributed by atoms with E-state index >= 15 is 0 Å². The summed E-state index contributed by atoms with van der Waals surface area (Å²) in [4.78, 5) is 29.3. The van der Waals surface area contributed by atoms with Gasteiger partial charge in [0.2, 0.25) is 0 Å². The molecule has 2 heterocycles. The SMILES string of the molecule is Cc1[nH]cnc1C=C1C(=O)Nc2ccc([N+](=O)[O-])cc21. The zero-order valence-corrected chi connectivity index (χ0v) is 10.5. The van der Waals surface area contributed by atoms with Gasteiger partial charge >= 0.3 is 0 Å². The summed E-state index contributed by atoms with van der Waals surface area (Å²) >= 11 is 0. The molecule has 1 aromatic heterocycles. The molecule has 0 saturated carbocycles. The summed E-state index contributed by atoms with van der Waals surface area (Å²) in [5.74, 6) is -0.289. The summed E-state index contributed by atoms with van der Waals surface area (Å²) < 4.78 is 0. The maximum absolute atomic E-state index is 12.0. The van der Waals surface area contributed by atoms with Crippen LogP contribution in [-0.2, 0) is 4.79 Å². The first-order valence-corrected chi connectivity index (χ1v) is 5.88. The van der Waals surface area contributed by atoms with E-state index in [4.69, 9.17) is 0 Å². The number of aromatic amines is 1. The van der Waals surface area contributed by atoms with Crippen molar-refractivity contribution in [1.29, 1.82) is 0 Å². The first kappa shape index (κ1) is 12.1. The van der Waals surface area contributed by atoms with Crippen molar-refractivity contribution in [2.45, 2.75) is 6.92 Å². The predicted octanol–water partition coefficient (Wildman–Crippen LogP) is 2.12. The number of hydrogen-bond donors (Lipinski definition) is 2. The molecule has 0 saturated heterocycles. The highest BCUT2D eigenvalue weighted by Crippen LogP contribution is 2.35. The molecular formula is C13H10N4O3. The zero-order chi connectivity index (χ0) is 14.3. The molecule has 0 bridgehead atoms. The zero-order valence-electron chi connectivity index (χ0n) is 10.5. The van der Waals surface area contributed by atoms with Gasteiger partial charge in [0.25, 0.3) is 11.6 Å². The summed E-state index contributed by atoms with van der Waals surface area (Å²) in [6, 6.07) is 4.28. The number of H-pyrrole nitrogens is 1. The lowest BCUT2D eigenvalue weighted by Gasteiger charge is -1.98. The molecule has 7 nitrogen and oxygen atoms in total. The lowest BCUT2D eigenvalue weighted by atomic mass is 10.0. The Kier molecular flexibility index (Phi) is 2.60. The van der Waals surface area contributed by atoms with Crippen molar-refractivity contribution in [2.24, 2.45) is 0 Å². The van der Waals surface area contributed by atoms with Gasteiger partial charge in [-0.25, -0.2) is 4.98 Å². The van der Waals surface area contributed by atoms with E-state index in [2.05, 4.69) is 15.3 Å². The average Bonchev–Trinajstić information content (AvgIpc) is 2.94. The molecule has 20 heavy (non-hydrogen) atoms. The van der Waals surface area contributed by atoms with E-state index in [1.54, 1.807) is 6.08 Å². The molecule has 1 amide bonds. The van der Waals surface area contributed by atoms with E-state index in [0.717, 1.165) is 5.69 Å². The van der Waals surface area contributed by atoms with Crippen LogP contribution in [0.3, 0.4) is 0 Å². The Morgan fingerprint density at radius 2 is 2.20 bits per heavy atom. The number of aryl methyl sites for hydroxylation is 1. The van der Waals surface area contributed by atoms with Crippen molar-refractivity contribution >= 4 is 28.9 Å². The monoisotopic (exact) mass is 270 g/mol. The van der Waals surface area contributed by atoms with Crippen LogP contribution in [0.2, 0.25) is 0 Å². The van der Waals surface area contributed by atoms with Crippen LogP contribution in [0.4, 0.5) is 11.4 Å². The second-order valence-electron chi connectivity index (χ2n) is 4.41. The number of carbonyl (C=O) groups excluding carboxylic acids is 1. The number of rotatable bonds is 2. The van der Waals surface area contributed by atoms with Gasteiger partial charge in [0, 0.05) is 29.1 Å². The van der Waals surface area contributed by atoms with Crippen LogP contribution in [-0.4, -0.2) is 20.8 Å². The molecule has 0 spiro atoms. The number of non-ortho nitro benzene ring substituents is 1. The molecule has 1 aromatic carbocycles. The van der Waals surface area contributed by atoms with E-state index in [0.29, 0.717) is 22.5 Å². The number of amides is 1. The van der Waals surface area contributed by atoms with Crippen molar-refractivity contribution in [3.05, 3.63) is 51.6 Å². The van der Waals surface area contributed by atoms with Crippen molar-refractivity contribution in [3.63, 3.8) is 0 Å². The Balaban J connectivity index is 2.13. The highest BCUT2D eigenvalue weighted by molar-refractivity contribution is 6.35. The lowest BCUT2D eigenvalue weighted by Crippen LogP contribution is -2.03. The van der Waals surface area contributed by atoms with Gasteiger partial charge in [0.15, 0.2) is 0 Å². The van der Waals surface area contributed by atoms with Crippen LogP contribution < -0.4 is 5.32 Å². The molecular weight excluding hydrogens is 260 g/mol. The van der Waals surface area contributed by atoms with Crippen molar-refractivity contribution in [3.8, 4) is 0 Å². The Bertz CT molecular complexity index is 761. The molecule has 0 atom stereocenters. The first-order chi connectivity index (χ1) is 9.56. The summed E-state index contributed by atoms with van der Waals surface area (Å²) in [5, 5.41) is 13.5. The minimum Gasteiger partial charge on any atom is -0.348 e. The maximum atomic E-state index is 12.0. The number of aromatic nitrogens is 2. The largest absolute Gasteiger partial charge is 0.348 e. The number of nitrogens with zero attached hydrogens (tertiary/aromatic N) is 2. The molecule has 0 aliphatic carbocycles. The number of nitrogens with one attached hydrogen (secondary N) is 2. The molecule has 1 aliphatic heterocycles. The molecule has 1 aliphatic rings. The summed E-state index contributed by atoms with van der Waals surface area (Å²) in [7, 11) is 0. The molecule has 100 valence electrons. The fraction of sp³-hybridized carbons (Fsp3) is 0.0769. The fourth-order valence-electron chi connectivity index (χ4n) is 2.08. The van der Waals surface area contributed by atoms with Crippen LogP contribution >= 0.6 is 0 Å². The number of hydrogen-bond acceptors (Lipinski definition) is 4. The first-order valence-electron chi connectivity index (χ1n) is 5.88. The minimum atomic E-state index is -0.486. The van der Waals surface area contributed by atoms with Crippen molar-refractivity contribution < 1.29 is 9.72 Å². The molecule has 2 N–H and O–H groups in total. The minimum absolute atomic E-state index is 0.0510. The molecule has 0 unspecified atom stereocenters. The number of benzene rings is 1. The molecule has 7 heteroatoms. The van der Waals surface area contributed by atoms with E-state index in [1.807, 2.05) is 6.92 Å². The number of nitro benzene ring substituents is 1. The number of carbonyl (C=O) groups is 1. The predicted molar refractivity (Wildman–Crippen MR) is 72.9 cm³/mol. The molecule has 0 fully saturated rings. The van der Waals surface area contributed by atoms with Gasteiger partial charge in [-0.15, -0.1) is 0 Å². The Labute approximate surface area is 113 Å². The van der Waals surface area contributed by atoms with Crippen molar-refractivity contribution in [1.82, 2.24) is 9.97 Å². The second kappa shape index (κ2) is 4.30.